The molecule has 0 bridgehead atoms. The molecule has 1 amide bonds. The zero-order valence-corrected chi connectivity index (χ0v) is 8.52. The van der Waals surface area contributed by atoms with E-state index in [-0.39, 0.29) is 0 Å². The second kappa shape index (κ2) is 4.67. The zero-order chi connectivity index (χ0) is 12.2. The van der Waals surface area contributed by atoms with Gasteiger partial charge < -0.3 is 10.5 Å². The third-order valence-electron chi connectivity index (χ3n) is 2.02. The van der Waals surface area contributed by atoms with E-state index in [1.54, 1.807) is 0 Å². The normalized spacial score (nSPS) is 14.5. The van der Waals surface area contributed by atoms with Crippen molar-refractivity contribution in [1.29, 1.82) is 0 Å². The number of nitrogens with zero attached hydrogens (tertiary/aromatic N) is 2. The Kier molecular flexibility index (Phi) is 4.13. The quantitative estimate of drug-likeness (QED) is 0.305. The van der Waals surface area contributed by atoms with Gasteiger partial charge in [-0.25, -0.2) is 0 Å². The SMILES string of the molecule is CNC(=O)C(/C(F)=N/O)C(C)(C)[N+](=O)[O-]. The van der Waals surface area contributed by atoms with Gasteiger partial charge in [0, 0.05) is 25.8 Å². The van der Waals surface area contributed by atoms with Crippen molar-refractivity contribution in [2.45, 2.75) is 19.4 Å². The summed E-state index contributed by atoms with van der Waals surface area (Å²) in [5.41, 5.74) is -1.89. The fourth-order valence-corrected chi connectivity index (χ4v) is 1.03. The van der Waals surface area contributed by atoms with Crippen molar-refractivity contribution >= 4 is 11.9 Å². The minimum absolute atomic E-state index is 0.808. The molecule has 0 aromatic heterocycles. The van der Waals surface area contributed by atoms with Gasteiger partial charge in [0.15, 0.2) is 5.92 Å². The monoisotopic (exact) mass is 221 g/mol. The van der Waals surface area contributed by atoms with Crippen LogP contribution in [-0.2, 0) is 4.79 Å². The maximum atomic E-state index is 13.0. The number of halogens is 1. The lowest BCUT2D eigenvalue weighted by Crippen LogP contribution is -2.50. The molecule has 2 N–H and O–H groups in total. The topological polar surface area (TPSA) is 105 Å². The van der Waals surface area contributed by atoms with Crippen LogP contribution < -0.4 is 5.32 Å². The first-order chi connectivity index (χ1) is 6.78. The Hall–Kier alpha value is -1.73. The maximum Gasteiger partial charge on any atom is 0.246 e. The lowest BCUT2D eigenvalue weighted by Gasteiger charge is -2.22. The summed E-state index contributed by atoms with van der Waals surface area (Å²) in [5.74, 6) is -4.18. The minimum atomic E-state index is -1.89. The number of amides is 1. The first-order valence-electron chi connectivity index (χ1n) is 4.02. The van der Waals surface area contributed by atoms with Crippen LogP contribution >= 0.6 is 0 Å². The largest absolute Gasteiger partial charge is 0.409 e. The Bertz CT molecular complexity index is 303. The first-order valence-corrected chi connectivity index (χ1v) is 4.02. The van der Waals surface area contributed by atoms with Gasteiger partial charge in [-0.2, -0.15) is 4.39 Å². The number of rotatable bonds is 4. The summed E-state index contributed by atoms with van der Waals surface area (Å²) < 4.78 is 13.0. The summed E-state index contributed by atoms with van der Waals surface area (Å²) in [6.45, 7) is 2.13. The van der Waals surface area contributed by atoms with Gasteiger partial charge in [0.2, 0.25) is 17.4 Å². The van der Waals surface area contributed by atoms with Gasteiger partial charge in [-0.15, -0.1) is 0 Å². The average molecular weight is 221 g/mol. The molecule has 0 saturated carbocycles. The molecule has 8 heteroatoms. The number of carbonyl (C=O) groups excluding carboxylic acids is 1. The van der Waals surface area contributed by atoms with Gasteiger partial charge in [0.05, 0.1) is 0 Å². The molecule has 86 valence electrons. The summed E-state index contributed by atoms with van der Waals surface area (Å²) in [6.07, 6.45) is 0. The summed E-state index contributed by atoms with van der Waals surface area (Å²) in [5, 5.41) is 23.1. The molecule has 0 aliphatic rings. The predicted octanol–water partition coefficient (Wildman–Crippen LogP) is 0.161. The van der Waals surface area contributed by atoms with E-state index >= 15 is 0 Å². The van der Waals surface area contributed by atoms with E-state index in [0.717, 1.165) is 13.8 Å². The summed E-state index contributed by atoms with van der Waals surface area (Å²) in [7, 11) is 1.20. The van der Waals surface area contributed by atoms with E-state index in [0.29, 0.717) is 0 Å². The number of nitro groups is 1. The molecular weight excluding hydrogens is 209 g/mol. The first kappa shape index (κ1) is 13.3. The highest BCUT2D eigenvalue weighted by atomic mass is 19.1. The van der Waals surface area contributed by atoms with Crippen LogP contribution in [-0.4, -0.2) is 34.6 Å². The van der Waals surface area contributed by atoms with Gasteiger partial charge in [-0.1, -0.05) is 5.16 Å². The summed E-state index contributed by atoms with van der Waals surface area (Å²) >= 11 is 0. The van der Waals surface area contributed by atoms with Crippen molar-refractivity contribution in [1.82, 2.24) is 5.32 Å². The third-order valence-corrected chi connectivity index (χ3v) is 2.02. The maximum absolute atomic E-state index is 13.0. The van der Waals surface area contributed by atoms with Gasteiger partial charge in [0.1, 0.15) is 0 Å². The molecule has 15 heavy (non-hydrogen) atoms. The molecule has 1 unspecified atom stereocenters. The lowest BCUT2D eigenvalue weighted by atomic mass is 9.87. The fourth-order valence-electron chi connectivity index (χ4n) is 1.03. The highest BCUT2D eigenvalue weighted by Gasteiger charge is 2.49. The van der Waals surface area contributed by atoms with E-state index in [1.165, 1.54) is 7.05 Å². The number of nitrogens with one attached hydrogen (secondary N) is 1. The molecule has 1 atom stereocenters. The molecule has 0 fully saturated rings. The predicted molar refractivity (Wildman–Crippen MR) is 49.0 cm³/mol. The van der Waals surface area contributed by atoms with Crippen LogP contribution in [0.2, 0.25) is 0 Å². The number of oxime groups is 1. The summed E-state index contributed by atoms with van der Waals surface area (Å²) in [4.78, 5) is 21.0. The molecule has 0 aliphatic heterocycles. The molecular formula is C7H12FN3O4. The Morgan fingerprint density at radius 2 is 2.13 bits per heavy atom. The minimum Gasteiger partial charge on any atom is -0.409 e. The second-order valence-corrected chi connectivity index (χ2v) is 3.38. The Morgan fingerprint density at radius 1 is 1.67 bits per heavy atom. The second-order valence-electron chi connectivity index (χ2n) is 3.38. The van der Waals surface area contributed by atoms with E-state index in [9.17, 15) is 19.3 Å². The molecule has 0 radical (unpaired) electrons. The van der Waals surface area contributed by atoms with E-state index in [4.69, 9.17) is 5.21 Å². The highest BCUT2D eigenvalue weighted by Crippen LogP contribution is 2.23. The molecule has 0 rings (SSSR count). The van der Waals surface area contributed by atoms with Gasteiger partial charge in [-0.3, -0.25) is 14.9 Å². The molecule has 7 nitrogen and oxygen atoms in total. The molecule has 0 saturated heterocycles. The van der Waals surface area contributed by atoms with Gasteiger partial charge >= 0.3 is 0 Å². The Morgan fingerprint density at radius 3 is 2.40 bits per heavy atom. The molecule has 0 aromatic rings. The van der Waals surface area contributed by atoms with Crippen molar-refractivity contribution in [2.75, 3.05) is 7.05 Å². The Balaban J connectivity index is 5.30. The van der Waals surface area contributed by atoms with E-state index in [2.05, 4.69) is 10.5 Å². The van der Waals surface area contributed by atoms with Crippen LogP contribution in [0.15, 0.2) is 5.16 Å². The van der Waals surface area contributed by atoms with Crippen LogP contribution in [0, 0.1) is 16.0 Å². The van der Waals surface area contributed by atoms with Crippen molar-refractivity contribution in [3.05, 3.63) is 10.1 Å². The van der Waals surface area contributed by atoms with Crippen molar-refractivity contribution in [3.63, 3.8) is 0 Å². The van der Waals surface area contributed by atoms with Crippen LogP contribution in [0.1, 0.15) is 13.8 Å². The van der Waals surface area contributed by atoms with Crippen molar-refractivity contribution < 1.29 is 19.3 Å². The molecule has 0 aliphatic carbocycles. The number of hydrogen-bond acceptors (Lipinski definition) is 5. The highest BCUT2D eigenvalue weighted by molar-refractivity contribution is 6.00. The third kappa shape index (κ3) is 2.61. The number of carbonyl (C=O) groups is 1. The van der Waals surface area contributed by atoms with Crippen LogP contribution in [0.5, 0.6) is 0 Å². The van der Waals surface area contributed by atoms with Crippen LogP contribution in [0.4, 0.5) is 4.39 Å². The average Bonchev–Trinajstić information content (AvgIpc) is 2.16. The lowest BCUT2D eigenvalue weighted by molar-refractivity contribution is -0.564. The Labute approximate surface area is 85.1 Å². The molecule has 0 aromatic carbocycles. The smallest absolute Gasteiger partial charge is 0.246 e. The van der Waals surface area contributed by atoms with Gasteiger partial charge in [-0.05, 0) is 0 Å². The molecule has 0 spiro atoms. The van der Waals surface area contributed by atoms with Crippen molar-refractivity contribution in [2.24, 2.45) is 11.1 Å². The van der Waals surface area contributed by atoms with Crippen LogP contribution in [0.3, 0.4) is 0 Å². The number of hydrogen-bond donors (Lipinski definition) is 2. The van der Waals surface area contributed by atoms with Gasteiger partial charge in [0.25, 0.3) is 0 Å². The zero-order valence-electron chi connectivity index (χ0n) is 8.52. The molecule has 0 heterocycles. The fraction of sp³-hybridized carbons (Fsp3) is 0.714. The summed E-state index contributed by atoms with van der Waals surface area (Å²) in [6, 6.07) is 0. The van der Waals surface area contributed by atoms with Crippen molar-refractivity contribution in [3.8, 4) is 0 Å². The standard InChI is InChI=1S/C7H12FN3O4/c1-7(2,11(14)15)4(5(8)10-13)6(12)9-3/h4,13H,1-3H3,(H,9,12)/b10-5-. The van der Waals surface area contributed by atoms with Crippen LogP contribution in [0.25, 0.3) is 0 Å². The van der Waals surface area contributed by atoms with E-state index < -0.39 is 28.3 Å². The van der Waals surface area contributed by atoms with E-state index in [1.807, 2.05) is 0 Å².